The molecule has 0 N–H and O–H groups in total. The molecule has 0 saturated heterocycles. The van der Waals surface area contributed by atoms with Crippen molar-refractivity contribution < 1.29 is 4.84 Å². The highest BCUT2D eigenvalue weighted by Gasteiger charge is 2.21. The lowest BCUT2D eigenvalue weighted by Gasteiger charge is -2.18. The van der Waals surface area contributed by atoms with Crippen molar-refractivity contribution in [1.29, 1.82) is 0 Å². The van der Waals surface area contributed by atoms with E-state index in [0.717, 1.165) is 18.1 Å². The summed E-state index contributed by atoms with van der Waals surface area (Å²) in [7, 11) is 0. The van der Waals surface area contributed by atoms with Crippen molar-refractivity contribution >= 4 is 6.21 Å². The van der Waals surface area contributed by atoms with Crippen molar-refractivity contribution in [2.75, 3.05) is 6.61 Å². The fourth-order valence-corrected chi connectivity index (χ4v) is 1.60. The lowest BCUT2D eigenvalue weighted by atomic mass is 9.87. The van der Waals surface area contributed by atoms with Gasteiger partial charge in [-0.2, -0.15) is 0 Å². The van der Waals surface area contributed by atoms with E-state index in [2.05, 4.69) is 50.2 Å². The Kier molecular flexibility index (Phi) is 3.51. The predicted molar refractivity (Wildman–Crippen MR) is 71.4 cm³/mol. The van der Waals surface area contributed by atoms with Crippen molar-refractivity contribution in [3.05, 3.63) is 35.4 Å². The first-order valence-electron chi connectivity index (χ1n) is 6.31. The van der Waals surface area contributed by atoms with Gasteiger partial charge in [-0.15, -0.1) is 0 Å². The number of oxime groups is 1. The van der Waals surface area contributed by atoms with Crippen LogP contribution in [0.3, 0.4) is 0 Å². The Morgan fingerprint density at radius 3 is 2.41 bits per heavy atom. The molecule has 0 amide bonds. The molecule has 0 radical (unpaired) electrons. The number of hydrogen-bond acceptors (Lipinski definition) is 2. The molecule has 2 rings (SSSR count). The van der Waals surface area contributed by atoms with Crippen LogP contribution >= 0.6 is 0 Å². The normalized spacial score (nSPS) is 16.4. The third-order valence-corrected chi connectivity index (χ3v) is 3.06. The van der Waals surface area contributed by atoms with Crippen molar-refractivity contribution in [2.45, 2.75) is 39.0 Å². The summed E-state index contributed by atoms with van der Waals surface area (Å²) in [5.41, 5.74) is 2.64. The lowest BCUT2D eigenvalue weighted by Crippen LogP contribution is -2.10. The number of hydrogen-bond donors (Lipinski definition) is 0. The van der Waals surface area contributed by atoms with Gasteiger partial charge in [-0.3, -0.25) is 0 Å². The third kappa shape index (κ3) is 3.88. The first-order chi connectivity index (χ1) is 8.05. The highest BCUT2D eigenvalue weighted by molar-refractivity contribution is 5.79. The summed E-state index contributed by atoms with van der Waals surface area (Å²) in [5.74, 6) is 0.760. The molecule has 17 heavy (non-hydrogen) atoms. The van der Waals surface area contributed by atoms with E-state index in [1.165, 1.54) is 18.4 Å². The van der Waals surface area contributed by atoms with Crippen LogP contribution in [0.15, 0.2) is 29.4 Å². The molecule has 1 aliphatic carbocycles. The second-order valence-corrected chi connectivity index (χ2v) is 5.85. The monoisotopic (exact) mass is 231 g/mol. The Morgan fingerprint density at radius 2 is 1.88 bits per heavy atom. The van der Waals surface area contributed by atoms with Crippen molar-refractivity contribution in [1.82, 2.24) is 0 Å². The molecule has 0 aliphatic heterocycles. The van der Waals surface area contributed by atoms with Gasteiger partial charge in [0.05, 0.1) is 6.21 Å². The maximum Gasteiger partial charge on any atom is 0.120 e. The SMILES string of the molecule is CC(C)(C)c1ccc(/C=N/OCC2CC2)cc1. The quantitative estimate of drug-likeness (QED) is 0.571. The van der Waals surface area contributed by atoms with Gasteiger partial charge in [-0.25, -0.2) is 0 Å². The van der Waals surface area contributed by atoms with E-state index in [4.69, 9.17) is 4.84 Å². The fraction of sp³-hybridized carbons (Fsp3) is 0.533. The summed E-state index contributed by atoms with van der Waals surface area (Å²) in [6.45, 7) is 7.43. The summed E-state index contributed by atoms with van der Waals surface area (Å²) in [4.78, 5) is 5.23. The van der Waals surface area contributed by atoms with Gasteiger partial charge in [0.2, 0.25) is 0 Å². The van der Waals surface area contributed by atoms with Crippen LogP contribution in [-0.4, -0.2) is 12.8 Å². The Hall–Kier alpha value is -1.31. The topological polar surface area (TPSA) is 21.6 Å². The summed E-state index contributed by atoms with van der Waals surface area (Å²) < 4.78 is 0. The molecular formula is C15H21NO. The molecule has 0 unspecified atom stereocenters. The zero-order valence-corrected chi connectivity index (χ0v) is 10.9. The first-order valence-corrected chi connectivity index (χ1v) is 6.31. The van der Waals surface area contributed by atoms with Gasteiger partial charge in [0, 0.05) is 0 Å². The minimum Gasteiger partial charge on any atom is -0.396 e. The Labute approximate surface area is 104 Å². The van der Waals surface area contributed by atoms with Crippen molar-refractivity contribution in [3.63, 3.8) is 0 Å². The van der Waals surface area contributed by atoms with E-state index in [9.17, 15) is 0 Å². The summed E-state index contributed by atoms with van der Waals surface area (Å²) >= 11 is 0. The van der Waals surface area contributed by atoms with Crippen LogP contribution in [0.25, 0.3) is 0 Å². The van der Waals surface area contributed by atoms with Crippen LogP contribution in [0.4, 0.5) is 0 Å². The zero-order chi connectivity index (χ0) is 12.3. The highest BCUT2D eigenvalue weighted by Crippen LogP contribution is 2.28. The lowest BCUT2D eigenvalue weighted by molar-refractivity contribution is 0.135. The van der Waals surface area contributed by atoms with E-state index in [0.29, 0.717) is 0 Å². The molecule has 0 aromatic heterocycles. The van der Waals surface area contributed by atoms with Gasteiger partial charge < -0.3 is 4.84 Å². The van der Waals surface area contributed by atoms with E-state index >= 15 is 0 Å². The standard InChI is InChI=1S/C15H21NO/c1-15(2,3)14-8-6-12(7-9-14)10-16-17-11-13-4-5-13/h6-10,13H,4-5,11H2,1-3H3/b16-10+. The van der Waals surface area contributed by atoms with Gasteiger partial charge >= 0.3 is 0 Å². The molecule has 0 bridgehead atoms. The second kappa shape index (κ2) is 4.91. The summed E-state index contributed by atoms with van der Waals surface area (Å²) in [6.07, 6.45) is 4.39. The highest BCUT2D eigenvalue weighted by atomic mass is 16.6. The van der Waals surface area contributed by atoms with Gasteiger partial charge in [0.1, 0.15) is 6.61 Å². The minimum absolute atomic E-state index is 0.206. The molecule has 92 valence electrons. The molecule has 0 spiro atoms. The number of nitrogens with zero attached hydrogens (tertiary/aromatic N) is 1. The van der Waals surface area contributed by atoms with Crippen LogP contribution in [0.1, 0.15) is 44.7 Å². The molecule has 1 fully saturated rings. The summed E-state index contributed by atoms with van der Waals surface area (Å²) in [5, 5.41) is 3.99. The average Bonchev–Trinajstić information content (AvgIpc) is 3.08. The number of rotatable bonds is 4. The molecule has 2 nitrogen and oxygen atoms in total. The minimum atomic E-state index is 0.206. The first kappa shape index (κ1) is 12.2. The second-order valence-electron chi connectivity index (χ2n) is 5.85. The Balaban J connectivity index is 1.88. The molecule has 1 aromatic carbocycles. The Bertz CT molecular complexity index is 382. The smallest absolute Gasteiger partial charge is 0.120 e. The molecule has 0 atom stereocenters. The molecule has 1 aromatic rings. The van der Waals surface area contributed by atoms with Gasteiger partial charge in [0.15, 0.2) is 0 Å². The van der Waals surface area contributed by atoms with Gasteiger partial charge in [-0.1, -0.05) is 50.2 Å². The fourth-order valence-electron chi connectivity index (χ4n) is 1.60. The van der Waals surface area contributed by atoms with Crippen molar-refractivity contribution in [3.8, 4) is 0 Å². The van der Waals surface area contributed by atoms with E-state index in [-0.39, 0.29) is 5.41 Å². The van der Waals surface area contributed by atoms with Gasteiger partial charge in [-0.05, 0) is 35.3 Å². The molecular weight excluding hydrogens is 210 g/mol. The third-order valence-electron chi connectivity index (χ3n) is 3.06. The molecule has 2 heteroatoms. The van der Waals surface area contributed by atoms with E-state index in [1.54, 1.807) is 6.21 Å². The molecule has 1 aliphatic rings. The molecule has 1 saturated carbocycles. The zero-order valence-electron chi connectivity index (χ0n) is 10.9. The Morgan fingerprint density at radius 1 is 1.24 bits per heavy atom. The van der Waals surface area contributed by atoms with Crippen LogP contribution in [0, 0.1) is 5.92 Å². The maximum absolute atomic E-state index is 5.23. The van der Waals surface area contributed by atoms with Crippen LogP contribution in [0.5, 0.6) is 0 Å². The largest absolute Gasteiger partial charge is 0.396 e. The summed E-state index contributed by atoms with van der Waals surface area (Å²) in [6, 6.07) is 8.49. The predicted octanol–water partition coefficient (Wildman–Crippen LogP) is 3.74. The molecule has 0 heterocycles. The average molecular weight is 231 g/mol. The maximum atomic E-state index is 5.23. The van der Waals surface area contributed by atoms with E-state index in [1.807, 2.05) is 0 Å². The van der Waals surface area contributed by atoms with Crippen molar-refractivity contribution in [2.24, 2.45) is 11.1 Å². The number of benzene rings is 1. The van der Waals surface area contributed by atoms with Crippen LogP contribution in [0.2, 0.25) is 0 Å². The van der Waals surface area contributed by atoms with Gasteiger partial charge in [0.25, 0.3) is 0 Å². The van der Waals surface area contributed by atoms with E-state index < -0.39 is 0 Å². The van der Waals surface area contributed by atoms with Crippen LogP contribution < -0.4 is 0 Å². The van der Waals surface area contributed by atoms with Crippen LogP contribution in [-0.2, 0) is 10.3 Å².